The summed E-state index contributed by atoms with van der Waals surface area (Å²) in [5.41, 5.74) is 2.89. The summed E-state index contributed by atoms with van der Waals surface area (Å²) in [6.07, 6.45) is 13.5. The van der Waals surface area contributed by atoms with Gasteiger partial charge < -0.3 is 4.90 Å². The van der Waals surface area contributed by atoms with E-state index in [1.165, 1.54) is 69.0 Å². The van der Waals surface area contributed by atoms with Crippen molar-refractivity contribution in [3.63, 3.8) is 0 Å². The number of aryl methyl sites for hydroxylation is 1. The fraction of sp³-hybridized carbons (Fsp3) is 0.739. The van der Waals surface area contributed by atoms with Crippen LogP contribution < -0.4 is 4.90 Å². The van der Waals surface area contributed by atoms with Crippen LogP contribution in [0.3, 0.4) is 0 Å². The number of hydrogen-bond acceptors (Lipinski definition) is 2. The van der Waals surface area contributed by atoms with Crippen molar-refractivity contribution in [2.75, 3.05) is 4.90 Å². The number of benzene rings is 1. The van der Waals surface area contributed by atoms with Crippen molar-refractivity contribution in [3.8, 4) is 0 Å². The average molecular weight is 341 g/mol. The quantitative estimate of drug-likeness (QED) is 0.692. The zero-order valence-corrected chi connectivity index (χ0v) is 16.5. The molecule has 0 spiro atoms. The first kappa shape index (κ1) is 17.4. The molecule has 2 unspecified atom stereocenters. The molecule has 3 aliphatic rings. The van der Waals surface area contributed by atoms with Crippen LogP contribution in [-0.2, 0) is 0 Å². The maximum Gasteiger partial charge on any atom is 0.0801 e. The Bertz CT molecular complexity index is 571. The smallest absolute Gasteiger partial charge is 0.0801 e. The van der Waals surface area contributed by atoms with Gasteiger partial charge in [0.25, 0.3) is 0 Å². The van der Waals surface area contributed by atoms with Crippen LogP contribution in [0.2, 0.25) is 0 Å². The molecule has 2 aliphatic carbocycles. The fourth-order valence-corrected chi connectivity index (χ4v) is 6.28. The summed E-state index contributed by atoms with van der Waals surface area (Å²) in [5, 5.41) is 0. The lowest BCUT2D eigenvalue weighted by atomic mass is 9.88. The van der Waals surface area contributed by atoms with Crippen LogP contribution in [0.1, 0.15) is 77.2 Å². The van der Waals surface area contributed by atoms with Crippen LogP contribution in [0.4, 0.5) is 5.69 Å². The SMILES string of the molecule is Cc1ccccc1N1C(C)N(C2CCCCC2)C(C2CCCC2)[C@@H]1C. The van der Waals surface area contributed by atoms with Crippen molar-refractivity contribution in [1.29, 1.82) is 0 Å². The molecule has 4 rings (SSSR count). The lowest BCUT2D eigenvalue weighted by Crippen LogP contribution is -2.48. The van der Waals surface area contributed by atoms with Crippen LogP contribution in [0.5, 0.6) is 0 Å². The van der Waals surface area contributed by atoms with Crippen molar-refractivity contribution in [1.82, 2.24) is 4.90 Å². The van der Waals surface area contributed by atoms with E-state index in [1.807, 2.05) is 0 Å². The van der Waals surface area contributed by atoms with Gasteiger partial charge in [0.05, 0.1) is 6.17 Å². The molecule has 0 aromatic heterocycles. The predicted octanol–water partition coefficient (Wildman–Crippen LogP) is 5.74. The molecular weight excluding hydrogens is 304 g/mol. The van der Waals surface area contributed by atoms with E-state index in [0.717, 1.165) is 18.0 Å². The molecule has 1 heterocycles. The third-order valence-corrected chi connectivity index (χ3v) is 7.38. The molecule has 138 valence electrons. The molecular formula is C23H36N2. The molecule has 1 aromatic carbocycles. The van der Waals surface area contributed by atoms with Crippen molar-refractivity contribution >= 4 is 5.69 Å². The Morgan fingerprint density at radius 3 is 2.16 bits per heavy atom. The molecule has 2 heteroatoms. The highest BCUT2D eigenvalue weighted by Crippen LogP contribution is 2.44. The number of hydrogen-bond donors (Lipinski definition) is 0. The van der Waals surface area contributed by atoms with Gasteiger partial charge in [-0.15, -0.1) is 0 Å². The second kappa shape index (κ2) is 7.31. The standard InChI is InChI=1S/C23H36N2/c1-17-11-7-10-16-22(17)24-18(2)23(20-12-8-9-13-20)25(19(24)3)21-14-5-4-6-15-21/h7,10-11,16,18-21,23H,4-6,8-9,12-15H2,1-3H3/t18-,19?,23?/m0/s1. The van der Waals surface area contributed by atoms with E-state index in [1.54, 1.807) is 0 Å². The average Bonchev–Trinajstić information content (AvgIpc) is 3.23. The molecule has 0 amide bonds. The fourth-order valence-electron chi connectivity index (χ4n) is 6.28. The number of rotatable bonds is 3. The van der Waals surface area contributed by atoms with Crippen LogP contribution in [0.25, 0.3) is 0 Å². The molecule has 2 saturated carbocycles. The van der Waals surface area contributed by atoms with E-state index in [0.29, 0.717) is 12.2 Å². The number of anilines is 1. The minimum atomic E-state index is 0.532. The third-order valence-electron chi connectivity index (χ3n) is 7.38. The maximum absolute atomic E-state index is 2.98. The van der Waals surface area contributed by atoms with Crippen LogP contribution in [0, 0.1) is 12.8 Å². The normalized spacial score (nSPS) is 32.6. The van der Waals surface area contributed by atoms with Crippen LogP contribution >= 0.6 is 0 Å². The maximum atomic E-state index is 2.98. The van der Waals surface area contributed by atoms with Crippen LogP contribution in [-0.4, -0.2) is 29.2 Å². The second-order valence-electron chi connectivity index (χ2n) is 8.84. The molecule has 3 atom stereocenters. The van der Waals surface area contributed by atoms with E-state index in [4.69, 9.17) is 0 Å². The van der Waals surface area contributed by atoms with Gasteiger partial charge >= 0.3 is 0 Å². The Morgan fingerprint density at radius 1 is 0.840 bits per heavy atom. The van der Waals surface area contributed by atoms with E-state index in [-0.39, 0.29) is 0 Å². The summed E-state index contributed by atoms with van der Waals surface area (Å²) in [4.78, 5) is 5.74. The monoisotopic (exact) mass is 340 g/mol. The molecule has 1 aliphatic heterocycles. The lowest BCUT2D eigenvalue weighted by Gasteiger charge is -2.40. The Hall–Kier alpha value is -1.02. The highest BCUT2D eigenvalue weighted by molar-refractivity contribution is 5.56. The van der Waals surface area contributed by atoms with Gasteiger partial charge in [-0.2, -0.15) is 0 Å². The topological polar surface area (TPSA) is 6.48 Å². The summed E-state index contributed by atoms with van der Waals surface area (Å²) in [6, 6.07) is 11.2. The summed E-state index contributed by atoms with van der Waals surface area (Å²) in [6.45, 7) is 7.27. The highest BCUT2D eigenvalue weighted by atomic mass is 15.5. The molecule has 3 fully saturated rings. The largest absolute Gasteiger partial charge is 0.352 e. The van der Waals surface area contributed by atoms with Crippen LogP contribution in [0.15, 0.2) is 24.3 Å². The van der Waals surface area contributed by atoms with Gasteiger partial charge in [0, 0.05) is 23.8 Å². The van der Waals surface area contributed by atoms with Crippen molar-refractivity contribution in [2.24, 2.45) is 5.92 Å². The molecule has 25 heavy (non-hydrogen) atoms. The van der Waals surface area contributed by atoms with Gasteiger partial charge in [0.15, 0.2) is 0 Å². The Balaban J connectivity index is 1.68. The highest BCUT2D eigenvalue weighted by Gasteiger charge is 2.49. The van der Waals surface area contributed by atoms with E-state index >= 15 is 0 Å². The van der Waals surface area contributed by atoms with Gasteiger partial charge in [0.2, 0.25) is 0 Å². The van der Waals surface area contributed by atoms with E-state index in [9.17, 15) is 0 Å². The Labute approximate surface area is 154 Å². The minimum absolute atomic E-state index is 0.532. The Kier molecular flexibility index (Phi) is 5.08. The number of nitrogens with zero attached hydrogens (tertiary/aromatic N) is 2. The minimum Gasteiger partial charge on any atom is -0.352 e. The summed E-state index contributed by atoms with van der Waals surface area (Å²) in [5.74, 6) is 0.911. The summed E-state index contributed by atoms with van der Waals surface area (Å²) < 4.78 is 0. The van der Waals surface area contributed by atoms with Crippen molar-refractivity contribution < 1.29 is 0 Å². The summed E-state index contributed by atoms with van der Waals surface area (Å²) in [7, 11) is 0. The molecule has 0 radical (unpaired) electrons. The van der Waals surface area contributed by atoms with Gasteiger partial charge in [-0.05, 0) is 64.0 Å². The zero-order valence-electron chi connectivity index (χ0n) is 16.5. The van der Waals surface area contributed by atoms with Gasteiger partial charge in [0.1, 0.15) is 0 Å². The van der Waals surface area contributed by atoms with E-state index in [2.05, 4.69) is 54.8 Å². The first-order valence-electron chi connectivity index (χ1n) is 10.8. The Morgan fingerprint density at radius 2 is 1.48 bits per heavy atom. The predicted molar refractivity (Wildman–Crippen MR) is 107 cm³/mol. The molecule has 2 nitrogen and oxygen atoms in total. The molecule has 1 saturated heterocycles. The lowest BCUT2D eigenvalue weighted by molar-refractivity contribution is 0.0739. The van der Waals surface area contributed by atoms with Gasteiger partial charge in [-0.25, -0.2) is 0 Å². The van der Waals surface area contributed by atoms with Crippen molar-refractivity contribution in [2.45, 2.75) is 103 Å². The first-order chi connectivity index (χ1) is 12.2. The molecule has 0 N–H and O–H groups in total. The zero-order chi connectivity index (χ0) is 17.4. The summed E-state index contributed by atoms with van der Waals surface area (Å²) >= 11 is 0. The number of para-hydroxylation sites is 1. The first-order valence-corrected chi connectivity index (χ1v) is 10.8. The molecule has 0 bridgehead atoms. The third kappa shape index (κ3) is 3.12. The molecule has 1 aromatic rings. The van der Waals surface area contributed by atoms with Crippen molar-refractivity contribution in [3.05, 3.63) is 29.8 Å². The van der Waals surface area contributed by atoms with Gasteiger partial charge in [-0.1, -0.05) is 50.3 Å². The second-order valence-corrected chi connectivity index (χ2v) is 8.84. The van der Waals surface area contributed by atoms with E-state index < -0.39 is 0 Å². The van der Waals surface area contributed by atoms with Gasteiger partial charge in [-0.3, -0.25) is 4.90 Å².